The van der Waals surface area contributed by atoms with Crippen LogP contribution in [0.3, 0.4) is 0 Å². The van der Waals surface area contributed by atoms with Crippen LogP contribution in [0.5, 0.6) is 0 Å². The molecule has 1 aromatic carbocycles. The summed E-state index contributed by atoms with van der Waals surface area (Å²) < 4.78 is 37.3. The summed E-state index contributed by atoms with van der Waals surface area (Å²) in [4.78, 5) is 20.1. The molecule has 0 aromatic heterocycles. The second-order valence-electron chi connectivity index (χ2n) is 3.32. The average Bonchev–Trinajstić information content (AvgIpc) is 2.24. The van der Waals surface area contributed by atoms with Crippen molar-refractivity contribution in [2.45, 2.75) is 6.18 Å². The van der Waals surface area contributed by atoms with Gasteiger partial charge in [0.25, 0.3) is 5.69 Å². The second-order valence-corrected chi connectivity index (χ2v) is 4.17. The first-order chi connectivity index (χ1) is 8.62. The molecule has 0 fully saturated rings. The quantitative estimate of drug-likeness (QED) is 0.519. The first kappa shape index (κ1) is 15.2. The lowest BCUT2D eigenvalue weighted by Crippen LogP contribution is -2.07. The van der Waals surface area contributed by atoms with Crippen molar-refractivity contribution in [2.24, 2.45) is 0 Å². The maximum Gasteiger partial charge on any atom is 0.416 e. The van der Waals surface area contributed by atoms with Crippen LogP contribution in [-0.4, -0.2) is 16.0 Å². The fourth-order valence-electron chi connectivity index (χ4n) is 1.24. The minimum Gasteiger partial charge on any atom is -0.478 e. The Balaban J connectivity index is 3.48. The number of nitro benzene ring substituents is 1. The lowest BCUT2D eigenvalue weighted by atomic mass is 10.1. The van der Waals surface area contributed by atoms with Crippen molar-refractivity contribution in [3.63, 3.8) is 0 Å². The molecule has 0 bridgehead atoms. The van der Waals surface area contributed by atoms with Gasteiger partial charge in [-0.25, -0.2) is 4.79 Å². The van der Waals surface area contributed by atoms with Gasteiger partial charge in [0.1, 0.15) is 0 Å². The molecule has 1 rings (SSSR count). The molecular weight excluding hydrogens is 335 g/mol. The number of benzene rings is 1. The zero-order chi connectivity index (χ0) is 14.8. The molecule has 0 saturated carbocycles. The number of nitrogens with zero attached hydrogens (tertiary/aromatic N) is 1. The van der Waals surface area contributed by atoms with E-state index in [1.54, 1.807) is 0 Å². The topological polar surface area (TPSA) is 80.4 Å². The third-order valence-electron chi connectivity index (χ3n) is 2.02. The predicted molar refractivity (Wildman–Crippen MR) is 62.5 cm³/mol. The Kier molecular flexibility index (Phi) is 4.30. The van der Waals surface area contributed by atoms with Gasteiger partial charge in [0.2, 0.25) is 0 Å². The molecule has 102 valence electrons. The maximum atomic E-state index is 12.5. The van der Waals surface area contributed by atoms with Gasteiger partial charge in [-0.05, 0) is 28.1 Å². The number of carbonyl (C=O) groups is 1. The third kappa shape index (κ3) is 3.78. The van der Waals surface area contributed by atoms with Gasteiger partial charge >= 0.3 is 12.1 Å². The van der Waals surface area contributed by atoms with Crippen molar-refractivity contribution < 1.29 is 28.0 Å². The molecule has 19 heavy (non-hydrogen) atoms. The van der Waals surface area contributed by atoms with E-state index >= 15 is 0 Å². The molecule has 5 nitrogen and oxygen atoms in total. The van der Waals surface area contributed by atoms with E-state index in [1.165, 1.54) is 0 Å². The van der Waals surface area contributed by atoms with E-state index in [-0.39, 0.29) is 10.0 Å². The first-order valence-electron chi connectivity index (χ1n) is 4.59. The van der Waals surface area contributed by atoms with E-state index in [0.717, 1.165) is 6.08 Å². The smallest absolute Gasteiger partial charge is 0.416 e. The van der Waals surface area contributed by atoms with Gasteiger partial charge in [0, 0.05) is 16.6 Å². The van der Waals surface area contributed by atoms with Crippen molar-refractivity contribution in [2.75, 3.05) is 0 Å². The van der Waals surface area contributed by atoms with Gasteiger partial charge in [-0.3, -0.25) is 10.1 Å². The van der Waals surface area contributed by atoms with Crippen LogP contribution in [0.1, 0.15) is 11.1 Å². The van der Waals surface area contributed by atoms with Crippen LogP contribution in [0.15, 0.2) is 22.7 Å². The summed E-state index contributed by atoms with van der Waals surface area (Å²) in [6, 6.07) is 1.00. The first-order valence-corrected chi connectivity index (χ1v) is 5.38. The zero-order valence-corrected chi connectivity index (χ0v) is 10.5. The van der Waals surface area contributed by atoms with Crippen LogP contribution in [0, 0.1) is 10.1 Å². The van der Waals surface area contributed by atoms with Gasteiger partial charge < -0.3 is 5.11 Å². The summed E-state index contributed by atoms with van der Waals surface area (Å²) >= 11 is 2.76. The Bertz CT molecular complexity index is 569. The second kappa shape index (κ2) is 5.39. The molecule has 0 heterocycles. The molecule has 0 amide bonds. The van der Waals surface area contributed by atoms with Crippen molar-refractivity contribution >= 4 is 33.7 Å². The fraction of sp³-hybridized carbons (Fsp3) is 0.100. The SMILES string of the molecule is O=C(O)/C=C/c1c(Br)cc(C(F)(F)F)cc1[N+](=O)[O-]. The number of alkyl halides is 3. The Hall–Kier alpha value is -1.90. The molecule has 0 saturated heterocycles. The largest absolute Gasteiger partial charge is 0.478 e. The molecule has 0 aliphatic rings. The van der Waals surface area contributed by atoms with E-state index in [0.29, 0.717) is 18.2 Å². The minimum absolute atomic E-state index is 0.216. The van der Waals surface area contributed by atoms with Crippen LogP contribution >= 0.6 is 15.9 Å². The van der Waals surface area contributed by atoms with Gasteiger partial charge in [-0.2, -0.15) is 13.2 Å². The number of rotatable bonds is 3. The molecule has 0 aliphatic carbocycles. The van der Waals surface area contributed by atoms with Crippen molar-refractivity contribution in [1.29, 1.82) is 0 Å². The van der Waals surface area contributed by atoms with Crippen molar-refractivity contribution in [1.82, 2.24) is 0 Å². The average molecular weight is 340 g/mol. The Labute approximate surface area is 112 Å². The van der Waals surface area contributed by atoms with Crippen LogP contribution in [0.25, 0.3) is 6.08 Å². The highest BCUT2D eigenvalue weighted by molar-refractivity contribution is 9.10. The number of hydrogen-bond acceptors (Lipinski definition) is 3. The van der Waals surface area contributed by atoms with Gasteiger partial charge in [0.05, 0.1) is 16.1 Å². The highest BCUT2D eigenvalue weighted by Gasteiger charge is 2.33. The lowest BCUT2D eigenvalue weighted by molar-refractivity contribution is -0.385. The van der Waals surface area contributed by atoms with E-state index in [9.17, 15) is 28.1 Å². The van der Waals surface area contributed by atoms with E-state index < -0.39 is 28.3 Å². The predicted octanol–water partition coefficient (Wildman–Crippen LogP) is 3.47. The number of nitro groups is 1. The van der Waals surface area contributed by atoms with Crippen LogP contribution in [0.4, 0.5) is 18.9 Å². The minimum atomic E-state index is -4.73. The highest BCUT2D eigenvalue weighted by Crippen LogP contribution is 2.37. The lowest BCUT2D eigenvalue weighted by Gasteiger charge is -2.09. The number of aliphatic carboxylic acids is 1. The van der Waals surface area contributed by atoms with Crippen LogP contribution < -0.4 is 0 Å². The third-order valence-corrected chi connectivity index (χ3v) is 2.68. The number of carboxylic acids is 1. The van der Waals surface area contributed by atoms with E-state index in [2.05, 4.69) is 15.9 Å². The van der Waals surface area contributed by atoms with Gasteiger partial charge in [-0.15, -0.1) is 0 Å². The zero-order valence-electron chi connectivity index (χ0n) is 8.94. The Morgan fingerprint density at radius 2 is 2.00 bits per heavy atom. The summed E-state index contributed by atoms with van der Waals surface area (Å²) in [7, 11) is 0. The fourth-order valence-corrected chi connectivity index (χ4v) is 1.82. The number of carboxylic acid groups (broad SMARTS) is 1. The normalized spacial score (nSPS) is 11.8. The summed E-state index contributed by atoms with van der Waals surface area (Å²) in [6.45, 7) is 0. The molecular formula is C10H5BrF3NO4. The van der Waals surface area contributed by atoms with Crippen LogP contribution in [-0.2, 0) is 11.0 Å². The highest BCUT2D eigenvalue weighted by atomic mass is 79.9. The van der Waals surface area contributed by atoms with Gasteiger partial charge in [-0.1, -0.05) is 0 Å². The molecule has 0 aliphatic heterocycles. The van der Waals surface area contributed by atoms with Gasteiger partial charge in [0.15, 0.2) is 0 Å². The molecule has 0 atom stereocenters. The molecule has 9 heteroatoms. The molecule has 0 spiro atoms. The van der Waals surface area contributed by atoms with Crippen LogP contribution in [0.2, 0.25) is 0 Å². The van der Waals surface area contributed by atoms with Crippen molar-refractivity contribution in [3.8, 4) is 0 Å². The number of hydrogen-bond donors (Lipinski definition) is 1. The van der Waals surface area contributed by atoms with E-state index in [4.69, 9.17) is 5.11 Å². The van der Waals surface area contributed by atoms with Crippen molar-refractivity contribution in [3.05, 3.63) is 43.9 Å². The maximum absolute atomic E-state index is 12.5. The Morgan fingerprint density at radius 3 is 2.42 bits per heavy atom. The standard InChI is InChI=1S/C10H5BrF3NO4/c11-7-3-5(10(12,13)14)4-8(15(18)19)6(7)1-2-9(16)17/h1-4H,(H,16,17)/b2-1+. The summed E-state index contributed by atoms with van der Waals surface area (Å²) in [5, 5.41) is 19.2. The summed E-state index contributed by atoms with van der Waals surface area (Å²) in [6.07, 6.45) is -3.28. The molecule has 1 aromatic rings. The Morgan fingerprint density at radius 1 is 1.42 bits per heavy atom. The number of halogens is 4. The molecule has 0 unspecified atom stereocenters. The molecule has 1 N–H and O–H groups in total. The monoisotopic (exact) mass is 339 g/mol. The summed E-state index contributed by atoms with van der Waals surface area (Å²) in [5.41, 5.74) is -2.28. The van der Waals surface area contributed by atoms with E-state index in [1.807, 2.05) is 0 Å². The summed E-state index contributed by atoms with van der Waals surface area (Å²) in [5.74, 6) is -1.37. The molecule has 0 radical (unpaired) electrons.